The number of aryl methyl sites for hydroxylation is 1. The summed E-state index contributed by atoms with van der Waals surface area (Å²) in [4.78, 5) is 4.20. The molecule has 0 radical (unpaired) electrons. The summed E-state index contributed by atoms with van der Waals surface area (Å²) in [6, 6.07) is 0. The largest absolute Gasteiger partial charge is 0.467 e. The van der Waals surface area contributed by atoms with E-state index in [0.29, 0.717) is 11.8 Å². The smallest absolute Gasteiger partial charge is 0.293 e. The summed E-state index contributed by atoms with van der Waals surface area (Å²) in [5.74, 6) is 0.834. The molecular weight excluding hydrogens is 198 g/mol. The van der Waals surface area contributed by atoms with Gasteiger partial charge in [-0.1, -0.05) is 13.8 Å². The molecule has 1 heterocycles. The Labute approximate surface area is 88.7 Å². The Hall–Kier alpha value is -0.680. The van der Waals surface area contributed by atoms with Crippen LogP contribution in [-0.4, -0.2) is 21.5 Å². The maximum Gasteiger partial charge on any atom is 0.293 e. The van der Waals surface area contributed by atoms with E-state index in [0.717, 1.165) is 18.7 Å². The van der Waals surface area contributed by atoms with Crippen molar-refractivity contribution in [1.29, 1.82) is 0 Å². The zero-order valence-corrected chi connectivity index (χ0v) is 9.73. The maximum absolute atomic E-state index is 5.93. The van der Waals surface area contributed by atoms with Crippen LogP contribution in [0.15, 0.2) is 0 Å². The number of hydrogen-bond acceptors (Lipinski definition) is 5. The lowest BCUT2D eigenvalue weighted by atomic mass is 10.0. The first kappa shape index (κ1) is 11.4. The van der Waals surface area contributed by atoms with Crippen molar-refractivity contribution in [2.45, 2.75) is 39.2 Å². The molecule has 2 N–H and O–H groups in total. The molecule has 0 bridgehead atoms. The minimum Gasteiger partial charge on any atom is -0.467 e. The van der Waals surface area contributed by atoms with Crippen molar-refractivity contribution in [3.8, 4) is 5.19 Å². The van der Waals surface area contributed by atoms with Gasteiger partial charge in [0.05, 0.1) is 0 Å². The SMILES string of the molecule is CCc1nsc(OCC(C)(N)CC)n1. The van der Waals surface area contributed by atoms with Gasteiger partial charge in [0, 0.05) is 23.5 Å². The molecule has 0 spiro atoms. The summed E-state index contributed by atoms with van der Waals surface area (Å²) >= 11 is 1.29. The molecule has 80 valence electrons. The third-order valence-corrected chi connectivity index (χ3v) is 2.77. The number of rotatable bonds is 5. The molecule has 4 nitrogen and oxygen atoms in total. The minimum atomic E-state index is -0.280. The van der Waals surface area contributed by atoms with Gasteiger partial charge in [-0.3, -0.25) is 0 Å². The summed E-state index contributed by atoms with van der Waals surface area (Å²) < 4.78 is 9.59. The molecule has 0 aliphatic rings. The standard InChI is InChI=1S/C9H17N3OS/c1-4-7-11-8(14-12-7)13-6-9(3,10)5-2/h4-6,10H2,1-3H3. The van der Waals surface area contributed by atoms with Gasteiger partial charge in [-0.05, 0) is 13.3 Å². The lowest BCUT2D eigenvalue weighted by Gasteiger charge is -2.21. The minimum absolute atomic E-state index is 0.280. The van der Waals surface area contributed by atoms with Gasteiger partial charge in [0.15, 0.2) is 0 Å². The monoisotopic (exact) mass is 215 g/mol. The van der Waals surface area contributed by atoms with Crippen LogP contribution in [0.1, 0.15) is 33.0 Å². The first-order valence-electron chi connectivity index (χ1n) is 4.81. The normalized spacial score (nSPS) is 15.1. The highest BCUT2D eigenvalue weighted by molar-refractivity contribution is 7.07. The fourth-order valence-corrected chi connectivity index (χ4v) is 1.38. The molecule has 1 aromatic heterocycles. The molecule has 0 aromatic carbocycles. The predicted octanol–water partition coefficient (Wildman–Crippen LogP) is 1.61. The van der Waals surface area contributed by atoms with Gasteiger partial charge in [-0.25, -0.2) is 0 Å². The van der Waals surface area contributed by atoms with E-state index in [4.69, 9.17) is 10.5 Å². The van der Waals surface area contributed by atoms with Crippen molar-refractivity contribution >= 4 is 11.5 Å². The molecule has 14 heavy (non-hydrogen) atoms. The van der Waals surface area contributed by atoms with Crippen LogP contribution in [0.4, 0.5) is 0 Å². The first-order valence-corrected chi connectivity index (χ1v) is 5.59. The van der Waals surface area contributed by atoms with Crippen molar-refractivity contribution < 1.29 is 4.74 Å². The second-order valence-electron chi connectivity index (χ2n) is 3.63. The van der Waals surface area contributed by atoms with E-state index in [2.05, 4.69) is 9.36 Å². The molecule has 0 amide bonds. The molecule has 1 atom stereocenters. The van der Waals surface area contributed by atoms with Crippen molar-refractivity contribution in [3.63, 3.8) is 0 Å². The Bertz CT molecular complexity index is 285. The van der Waals surface area contributed by atoms with Crippen LogP contribution >= 0.6 is 11.5 Å². The van der Waals surface area contributed by atoms with E-state index in [-0.39, 0.29) is 5.54 Å². The van der Waals surface area contributed by atoms with E-state index in [9.17, 15) is 0 Å². The molecule has 5 heteroatoms. The Morgan fingerprint density at radius 1 is 1.50 bits per heavy atom. The number of nitrogens with zero attached hydrogens (tertiary/aromatic N) is 2. The molecule has 0 fully saturated rings. The zero-order chi connectivity index (χ0) is 10.6. The third-order valence-electron chi connectivity index (χ3n) is 2.10. The average Bonchev–Trinajstić information content (AvgIpc) is 2.63. The Morgan fingerprint density at radius 3 is 2.71 bits per heavy atom. The maximum atomic E-state index is 5.93. The van der Waals surface area contributed by atoms with Crippen LogP contribution in [0, 0.1) is 0 Å². The fraction of sp³-hybridized carbons (Fsp3) is 0.778. The summed E-state index contributed by atoms with van der Waals surface area (Å²) in [7, 11) is 0. The first-order chi connectivity index (χ1) is 6.57. The van der Waals surface area contributed by atoms with Gasteiger partial charge in [0.2, 0.25) is 0 Å². The molecule has 1 unspecified atom stereocenters. The van der Waals surface area contributed by atoms with Crippen molar-refractivity contribution in [2.24, 2.45) is 5.73 Å². The summed E-state index contributed by atoms with van der Waals surface area (Å²) in [5, 5.41) is 0.618. The second-order valence-corrected chi connectivity index (χ2v) is 4.34. The molecule has 1 aromatic rings. The highest BCUT2D eigenvalue weighted by atomic mass is 32.1. The van der Waals surface area contributed by atoms with Gasteiger partial charge >= 0.3 is 0 Å². The Balaban J connectivity index is 2.45. The summed E-state index contributed by atoms with van der Waals surface area (Å²) in [5.41, 5.74) is 5.65. The molecular formula is C9H17N3OS. The quantitative estimate of drug-likeness (QED) is 0.810. The topological polar surface area (TPSA) is 61.0 Å². The van der Waals surface area contributed by atoms with Crippen LogP contribution in [0.3, 0.4) is 0 Å². The van der Waals surface area contributed by atoms with Crippen LogP contribution in [0.5, 0.6) is 5.19 Å². The van der Waals surface area contributed by atoms with Crippen molar-refractivity contribution in [2.75, 3.05) is 6.61 Å². The van der Waals surface area contributed by atoms with E-state index in [1.807, 2.05) is 20.8 Å². The Kier molecular flexibility index (Phi) is 3.83. The van der Waals surface area contributed by atoms with Gasteiger partial charge < -0.3 is 10.5 Å². The molecule has 0 aliphatic heterocycles. The highest BCUT2D eigenvalue weighted by Crippen LogP contribution is 2.16. The van der Waals surface area contributed by atoms with E-state index < -0.39 is 0 Å². The van der Waals surface area contributed by atoms with E-state index in [1.54, 1.807) is 0 Å². The number of hydrogen-bond donors (Lipinski definition) is 1. The summed E-state index contributed by atoms with van der Waals surface area (Å²) in [6.45, 7) is 6.52. The van der Waals surface area contributed by atoms with Crippen LogP contribution < -0.4 is 10.5 Å². The van der Waals surface area contributed by atoms with Crippen LogP contribution in [0.2, 0.25) is 0 Å². The number of ether oxygens (including phenoxy) is 1. The van der Waals surface area contributed by atoms with Crippen molar-refractivity contribution in [3.05, 3.63) is 5.82 Å². The van der Waals surface area contributed by atoms with Gasteiger partial charge in [-0.15, -0.1) is 0 Å². The third kappa shape index (κ3) is 3.23. The van der Waals surface area contributed by atoms with Crippen LogP contribution in [0.25, 0.3) is 0 Å². The fourth-order valence-electron chi connectivity index (χ4n) is 0.769. The molecule has 1 rings (SSSR count). The second kappa shape index (κ2) is 4.70. The molecule has 0 aliphatic carbocycles. The summed E-state index contributed by atoms with van der Waals surface area (Å²) in [6.07, 6.45) is 1.72. The van der Waals surface area contributed by atoms with Crippen molar-refractivity contribution in [1.82, 2.24) is 9.36 Å². The lowest BCUT2D eigenvalue weighted by molar-refractivity contribution is 0.225. The van der Waals surface area contributed by atoms with Gasteiger partial charge in [-0.2, -0.15) is 9.36 Å². The van der Waals surface area contributed by atoms with Crippen LogP contribution in [-0.2, 0) is 6.42 Å². The zero-order valence-electron chi connectivity index (χ0n) is 8.91. The highest BCUT2D eigenvalue weighted by Gasteiger charge is 2.17. The Morgan fingerprint density at radius 2 is 2.21 bits per heavy atom. The molecule has 0 saturated heterocycles. The van der Waals surface area contributed by atoms with Gasteiger partial charge in [0.25, 0.3) is 5.19 Å². The lowest BCUT2D eigenvalue weighted by Crippen LogP contribution is -2.41. The number of aromatic nitrogens is 2. The average molecular weight is 215 g/mol. The number of nitrogens with two attached hydrogens (primary N) is 1. The van der Waals surface area contributed by atoms with Gasteiger partial charge in [0.1, 0.15) is 12.4 Å². The molecule has 0 saturated carbocycles. The van der Waals surface area contributed by atoms with E-state index in [1.165, 1.54) is 11.5 Å². The predicted molar refractivity (Wildman–Crippen MR) is 57.7 cm³/mol. The van der Waals surface area contributed by atoms with E-state index >= 15 is 0 Å².